The third-order valence-corrected chi connectivity index (χ3v) is 3.43. The maximum absolute atomic E-state index is 12.0. The first-order chi connectivity index (χ1) is 10.7. The van der Waals surface area contributed by atoms with Crippen molar-refractivity contribution >= 4 is 34.1 Å². The van der Waals surface area contributed by atoms with Gasteiger partial charge in [-0.3, -0.25) is 9.78 Å². The van der Waals surface area contributed by atoms with Crippen LogP contribution in [0, 0.1) is 0 Å². The summed E-state index contributed by atoms with van der Waals surface area (Å²) in [7, 11) is 0. The number of amides is 1. The van der Waals surface area contributed by atoms with Gasteiger partial charge in [-0.15, -0.1) is 0 Å². The highest BCUT2D eigenvalue weighted by molar-refractivity contribution is 6.35. The molecule has 3 aromatic rings. The van der Waals surface area contributed by atoms with Gasteiger partial charge in [0.1, 0.15) is 5.75 Å². The lowest BCUT2D eigenvalue weighted by Gasteiger charge is -2.10. The fraction of sp³-hybridized carbons (Fsp3) is 0.0588. The number of aromatic nitrogens is 1. The number of para-hydroxylation sites is 1. The number of rotatable bonds is 4. The Morgan fingerprint density at radius 3 is 2.73 bits per heavy atom. The highest BCUT2D eigenvalue weighted by Crippen LogP contribution is 2.27. The second-order valence-electron chi connectivity index (χ2n) is 4.64. The number of carbonyl (C=O) groups excluding carboxylic acids is 1. The zero-order chi connectivity index (χ0) is 15.4. The fourth-order valence-corrected chi connectivity index (χ4v) is 2.31. The normalized spacial score (nSPS) is 10.4. The van der Waals surface area contributed by atoms with E-state index >= 15 is 0 Å². The minimum atomic E-state index is -0.252. The van der Waals surface area contributed by atoms with Crippen LogP contribution in [0.2, 0.25) is 5.02 Å². The van der Waals surface area contributed by atoms with E-state index in [1.54, 1.807) is 36.5 Å². The zero-order valence-corrected chi connectivity index (χ0v) is 12.4. The van der Waals surface area contributed by atoms with Crippen LogP contribution in [0.3, 0.4) is 0 Å². The number of benzene rings is 2. The lowest BCUT2D eigenvalue weighted by Crippen LogP contribution is -2.20. The number of hydrogen-bond donors (Lipinski definition) is 1. The summed E-state index contributed by atoms with van der Waals surface area (Å²) in [5, 5.41) is 4.19. The minimum Gasteiger partial charge on any atom is -0.484 e. The molecule has 0 saturated heterocycles. The molecule has 1 amide bonds. The van der Waals surface area contributed by atoms with Crippen molar-refractivity contribution in [3.8, 4) is 5.75 Å². The number of nitrogens with zero attached hydrogens (tertiary/aromatic N) is 1. The summed E-state index contributed by atoms with van der Waals surface area (Å²) in [4.78, 5) is 16.3. The third-order valence-electron chi connectivity index (χ3n) is 3.10. The predicted octanol–water partition coefficient (Wildman–Crippen LogP) is 3.91. The lowest BCUT2D eigenvalue weighted by atomic mass is 10.2. The molecule has 1 heterocycles. The predicted molar refractivity (Wildman–Crippen MR) is 87.3 cm³/mol. The Morgan fingerprint density at radius 2 is 1.91 bits per heavy atom. The molecule has 0 aliphatic rings. The Balaban J connectivity index is 1.73. The highest BCUT2D eigenvalue weighted by Gasteiger charge is 2.09. The zero-order valence-electron chi connectivity index (χ0n) is 11.6. The van der Waals surface area contributed by atoms with Gasteiger partial charge in [-0.25, -0.2) is 0 Å². The summed E-state index contributed by atoms with van der Waals surface area (Å²) in [5.41, 5.74) is 1.27. The van der Waals surface area contributed by atoms with E-state index < -0.39 is 0 Å². The fourth-order valence-electron chi connectivity index (χ4n) is 2.09. The Hall–Kier alpha value is -2.59. The Bertz CT molecular complexity index is 806. The number of fused-ring (bicyclic) bond motifs is 1. The topological polar surface area (TPSA) is 51.2 Å². The number of hydrogen-bond acceptors (Lipinski definition) is 3. The summed E-state index contributed by atoms with van der Waals surface area (Å²) >= 11 is 6.13. The average Bonchev–Trinajstić information content (AvgIpc) is 2.57. The van der Waals surface area contributed by atoms with E-state index in [-0.39, 0.29) is 12.5 Å². The molecular formula is C17H13ClN2O2. The van der Waals surface area contributed by atoms with Crippen molar-refractivity contribution in [1.29, 1.82) is 0 Å². The van der Waals surface area contributed by atoms with Gasteiger partial charge >= 0.3 is 0 Å². The molecule has 1 N–H and O–H groups in total. The molecule has 110 valence electrons. The van der Waals surface area contributed by atoms with Gasteiger partial charge in [0, 0.05) is 11.6 Å². The van der Waals surface area contributed by atoms with Crippen LogP contribution in [0.15, 0.2) is 60.8 Å². The number of ether oxygens (including phenoxy) is 1. The minimum absolute atomic E-state index is 0.0685. The third kappa shape index (κ3) is 3.18. The molecule has 2 aromatic carbocycles. The molecule has 0 spiro atoms. The summed E-state index contributed by atoms with van der Waals surface area (Å²) in [6.45, 7) is -0.0685. The van der Waals surface area contributed by atoms with Crippen LogP contribution in [0.25, 0.3) is 10.9 Å². The second kappa shape index (κ2) is 6.45. The van der Waals surface area contributed by atoms with E-state index in [0.29, 0.717) is 22.0 Å². The molecule has 0 aliphatic heterocycles. The standard InChI is InChI=1S/C17H13ClN2O2/c18-14-8-9-15(17-13(14)7-4-10-19-17)20-16(21)11-22-12-5-2-1-3-6-12/h1-10H,11H2,(H,20,21). The van der Waals surface area contributed by atoms with Crippen molar-refractivity contribution < 1.29 is 9.53 Å². The van der Waals surface area contributed by atoms with Gasteiger partial charge in [-0.1, -0.05) is 29.8 Å². The molecule has 0 unspecified atom stereocenters. The molecule has 0 aliphatic carbocycles. The van der Waals surface area contributed by atoms with E-state index in [1.165, 1.54) is 0 Å². The van der Waals surface area contributed by atoms with Gasteiger partial charge < -0.3 is 10.1 Å². The van der Waals surface area contributed by atoms with Gasteiger partial charge in [0.2, 0.25) is 0 Å². The van der Waals surface area contributed by atoms with Gasteiger partial charge in [0.25, 0.3) is 5.91 Å². The van der Waals surface area contributed by atoms with Crippen LogP contribution in [0.4, 0.5) is 5.69 Å². The highest BCUT2D eigenvalue weighted by atomic mass is 35.5. The van der Waals surface area contributed by atoms with E-state index in [0.717, 1.165) is 5.39 Å². The molecule has 22 heavy (non-hydrogen) atoms. The van der Waals surface area contributed by atoms with Crippen LogP contribution in [-0.4, -0.2) is 17.5 Å². The SMILES string of the molecule is O=C(COc1ccccc1)Nc1ccc(Cl)c2cccnc12. The molecule has 5 heteroatoms. The monoisotopic (exact) mass is 312 g/mol. The van der Waals surface area contributed by atoms with Crippen molar-refractivity contribution in [3.63, 3.8) is 0 Å². The molecule has 0 saturated carbocycles. The van der Waals surface area contributed by atoms with Crippen molar-refractivity contribution in [2.24, 2.45) is 0 Å². The number of halogens is 1. The maximum Gasteiger partial charge on any atom is 0.262 e. The number of anilines is 1. The van der Waals surface area contributed by atoms with Gasteiger partial charge in [-0.05, 0) is 36.4 Å². The molecule has 0 fully saturated rings. The van der Waals surface area contributed by atoms with Crippen LogP contribution in [0.5, 0.6) is 5.75 Å². The first-order valence-corrected chi connectivity index (χ1v) is 7.13. The van der Waals surface area contributed by atoms with Crippen LogP contribution >= 0.6 is 11.6 Å². The second-order valence-corrected chi connectivity index (χ2v) is 5.05. The summed E-state index contributed by atoms with van der Waals surface area (Å²) in [5.74, 6) is 0.398. The average molecular weight is 313 g/mol. The molecule has 3 rings (SSSR count). The largest absolute Gasteiger partial charge is 0.484 e. The first kappa shape index (κ1) is 14.4. The molecule has 1 aromatic heterocycles. The summed E-state index contributed by atoms with van der Waals surface area (Å²) < 4.78 is 5.42. The summed E-state index contributed by atoms with van der Waals surface area (Å²) in [6, 6.07) is 16.3. The van der Waals surface area contributed by atoms with E-state index in [1.807, 2.05) is 24.3 Å². The van der Waals surface area contributed by atoms with E-state index in [9.17, 15) is 4.79 Å². The Kier molecular flexibility index (Phi) is 4.21. The van der Waals surface area contributed by atoms with Crippen molar-refractivity contribution in [2.75, 3.05) is 11.9 Å². The van der Waals surface area contributed by atoms with E-state index in [4.69, 9.17) is 16.3 Å². The quantitative estimate of drug-likeness (QED) is 0.794. The van der Waals surface area contributed by atoms with Gasteiger partial charge in [0.15, 0.2) is 6.61 Å². The lowest BCUT2D eigenvalue weighted by molar-refractivity contribution is -0.118. The van der Waals surface area contributed by atoms with Crippen LogP contribution in [-0.2, 0) is 4.79 Å². The Morgan fingerprint density at radius 1 is 1.09 bits per heavy atom. The molecule has 0 bridgehead atoms. The molecule has 0 radical (unpaired) electrons. The van der Waals surface area contributed by atoms with Crippen LogP contribution < -0.4 is 10.1 Å². The van der Waals surface area contributed by atoms with Crippen molar-refractivity contribution in [1.82, 2.24) is 4.98 Å². The number of pyridine rings is 1. The molecule has 0 atom stereocenters. The van der Waals surface area contributed by atoms with Gasteiger partial charge in [0.05, 0.1) is 16.2 Å². The van der Waals surface area contributed by atoms with E-state index in [2.05, 4.69) is 10.3 Å². The smallest absolute Gasteiger partial charge is 0.262 e. The van der Waals surface area contributed by atoms with Crippen molar-refractivity contribution in [3.05, 3.63) is 65.8 Å². The van der Waals surface area contributed by atoms with Gasteiger partial charge in [-0.2, -0.15) is 0 Å². The van der Waals surface area contributed by atoms with Crippen molar-refractivity contribution in [2.45, 2.75) is 0 Å². The Labute approximate surface area is 132 Å². The molecular weight excluding hydrogens is 300 g/mol. The molecule has 4 nitrogen and oxygen atoms in total. The number of nitrogens with one attached hydrogen (secondary N) is 1. The number of carbonyl (C=O) groups is 1. The first-order valence-electron chi connectivity index (χ1n) is 6.75. The summed E-state index contributed by atoms with van der Waals surface area (Å²) in [6.07, 6.45) is 1.66. The van der Waals surface area contributed by atoms with Crippen LogP contribution in [0.1, 0.15) is 0 Å². The maximum atomic E-state index is 12.0.